The Hall–Kier alpha value is -2.79. The molecule has 1 aliphatic heterocycles. The molecule has 3 aromatic rings. The molecule has 1 saturated heterocycles. The van der Waals surface area contributed by atoms with Gasteiger partial charge >= 0.3 is 0 Å². The van der Waals surface area contributed by atoms with Gasteiger partial charge in [0, 0.05) is 30.2 Å². The van der Waals surface area contributed by atoms with Gasteiger partial charge in [-0.25, -0.2) is 0 Å². The van der Waals surface area contributed by atoms with Gasteiger partial charge in [-0.3, -0.25) is 4.79 Å². The summed E-state index contributed by atoms with van der Waals surface area (Å²) >= 11 is 0. The first-order valence-electron chi connectivity index (χ1n) is 13.5. The zero-order valence-corrected chi connectivity index (χ0v) is 21.0. The quantitative estimate of drug-likeness (QED) is 0.377. The van der Waals surface area contributed by atoms with Gasteiger partial charge in [0.2, 0.25) is 0 Å². The number of para-hydroxylation sites is 1. The Morgan fingerprint density at radius 3 is 2.57 bits per heavy atom. The lowest BCUT2D eigenvalue weighted by molar-refractivity contribution is 0.0937. The molecule has 1 amide bonds. The summed E-state index contributed by atoms with van der Waals surface area (Å²) in [6.07, 6.45) is 10.0. The Bertz CT molecular complexity index is 1110. The highest BCUT2D eigenvalue weighted by atomic mass is 16.5. The van der Waals surface area contributed by atoms with E-state index in [-0.39, 0.29) is 5.91 Å². The van der Waals surface area contributed by atoms with E-state index < -0.39 is 0 Å². The number of likely N-dealkylation sites (tertiary alicyclic amines) is 1. The van der Waals surface area contributed by atoms with Gasteiger partial charge in [0.1, 0.15) is 11.4 Å². The smallest absolute Gasteiger partial charge is 0.268 e. The number of carbonyl (C=O) groups excluding carboxylic acids is 1. The Kier molecular flexibility index (Phi) is 7.72. The first-order valence-corrected chi connectivity index (χ1v) is 13.5. The predicted molar refractivity (Wildman–Crippen MR) is 143 cm³/mol. The summed E-state index contributed by atoms with van der Waals surface area (Å²) < 4.78 is 8.10. The number of fused-ring (bicyclic) bond motifs is 1. The zero-order valence-electron chi connectivity index (χ0n) is 21.0. The van der Waals surface area contributed by atoms with Crippen LogP contribution in [0, 0.1) is 5.92 Å². The van der Waals surface area contributed by atoms with Crippen LogP contribution in [0.5, 0.6) is 5.75 Å². The fraction of sp³-hybridized carbons (Fsp3) is 0.500. The monoisotopic (exact) mass is 473 g/mol. The van der Waals surface area contributed by atoms with Crippen molar-refractivity contribution in [2.24, 2.45) is 5.92 Å². The number of rotatable bonds is 9. The molecular formula is C30H39N3O2. The van der Waals surface area contributed by atoms with E-state index in [0.717, 1.165) is 48.5 Å². The summed E-state index contributed by atoms with van der Waals surface area (Å²) in [7, 11) is 0. The number of carbonyl (C=O) groups is 1. The van der Waals surface area contributed by atoms with Crippen molar-refractivity contribution in [3.63, 3.8) is 0 Å². The van der Waals surface area contributed by atoms with Crippen LogP contribution in [0.4, 0.5) is 0 Å². The van der Waals surface area contributed by atoms with Crippen LogP contribution in [0.3, 0.4) is 0 Å². The van der Waals surface area contributed by atoms with Gasteiger partial charge in [0.05, 0.1) is 12.1 Å². The van der Waals surface area contributed by atoms with Crippen LogP contribution < -0.4 is 10.1 Å². The van der Waals surface area contributed by atoms with Crippen LogP contribution in [0.25, 0.3) is 16.6 Å². The summed E-state index contributed by atoms with van der Waals surface area (Å²) in [5.74, 6) is 1.49. The van der Waals surface area contributed by atoms with E-state index >= 15 is 0 Å². The second-order valence-corrected chi connectivity index (χ2v) is 10.4. The summed E-state index contributed by atoms with van der Waals surface area (Å²) in [5, 5.41) is 4.30. The fourth-order valence-corrected chi connectivity index (χ4v) is 5.79. The number of amides is 1. The third-order valence-electron chi connectivity index (χ3n) is 7.86. The number of ether oxygens (including phenoxy) is 1. The standard InChI is InChI=1S/C30H39N3O2/c1-23-9-7-18-32(23)19-8-20-35-27-16-14-26(15-17-27)33-28-13-6-5-12-25(28)21-29(33)30(34)31-22-24-10-3-2-4-11-24/h5-6,12-17,21,23-24H,2-4,7-11,18-20,22H2,1H3,(H,31,34). The van der Waals surface area contributed by atoms with Gasteiger partial charge in [-0.2, -0.15) is 0 Å². The Morgan fingerprint density at radius 2 is 1.80 bits per heavy atom. The van der Waals surface area contributed by atoms with Gasteiger partial charge < -0.3 is 19.5 Å². The van der Waals surface area contributed by atoms with Crippen molar-refractivity contribution in [2.45, 2.75) is 64.3 Å². The highest BCUT2D eigenvalue weighted by molar-refractivity contribution is 6.00. The molecular weight excluding hydrogens is 434 g/mol. The van der Waals surface area contributed by atoms with E-state index in [0.29, 0.717) is 17.7 Å². The molecule has 1 unspecified atom stereocenters. The van der Waals surface area contributed by atoms with Gasteiger partial charge in [-0.1, -0.05) is 37.5 Å². The van der Waals surface area contributed by atoms with Crippen molar-refractivity contribution in [3.8, 4) is 11.4 Å². The molecule has 186 valence electrons. The Balaban J connectivity index is 1.26. The maximum absolute atomic E-state index is 13.3. The average molecular weight is 474 g/mol. The number of hydrogen-bond donors (Lipinski definition) is 1. The van der Waals surface area contributed by atoms with E-state index in [1.165, 1.54) is 51.5 Å². The molecule has 2 fully saturated rings. The first kappa shape index (κ1) is 23.9. The molecule has 1 saturated carbocycles. The SMILES string of the molecule is CC1CCCN1CCCOc1ccc(-n2c(C(=O)NCC3CCCCC3)cc3ccccc32)cc1. The average Bonchev–Trinajstić information content (AvgIpc) is 3.49. The van der Waals surface area contributed by atoms with Crippen molar-refractivity contribution in [3.05, 3.63) is 60.3 Å². The van der Waals surface area contributed by atoms with Crippen LogP contribution in [0.2, 0.25) is 0 Å². The number of aromatic nitrogens is 1. The third-order valence-corrected chi connectivity index (χ3v) is 7.86. The largest absolute Gasteiger partial charge is 0.494 e. The molecule has 0 spiro atoms. The molecule has 5 rings (SSSR count). The molecule has 5 heteroatoms. The number of nitrogens with one attached hydrogen (secondary N) is 1. The van der Waals surface area contributed by atoms with Crippen molar-refractivity contribution < 1.29 is 9.53 Å². The zero-order chi connectivity index (χ0) is 24.0. The molecule has 1 atom stereocenters. The van der Waals surface area contributed by atoms with E-state index in [9.17, 15) is 4.79 Å². The second kappa shape index (κ2) is 11.3. The Labute approximate surface area is 209 Å². The number of hydrogen-bond acceptors (Lipinski definition) is 3. The summed E-state index contributed by atoms with van der Waals surface area (Å²) in [6.45, 7) is 6.14. The second-order valence-electron chi connectivity index (χ2n) is 10.4. The van der Waals surface area contributed by atoms with Crippen molar-refractivity contribution in [1.29, 1.82) is 0 Å². The summed E-state index contributed by atoms with van der Waals surface area (Å²) in [4.78, 5) is 15.8. The van der Waals surface area contributed by atoms with Gasteiger partial charge in [0.25, 0.3) is 5.91 Å². The van der Waals surface area contributed by atoms with E-state index in [4.69, 9.17) is 4.74 Å². The van der Waals surface area contributed by atoms with Crippen LogP contribution in [-0.4, -0.2) is 47.7 Å². The molecule has 2 aromatic carbocycles. The molecule has 2 aliphatic rings. The van der Waals surface area contributed by atoms with Crippen molar-refractivity contribution in [1.82, 2.24) is 14.8 Å². The predicted octanol–water partition coefficient (Wildman–Crippen LogP) is 6.19. The molecule has 5 nitrogen and oxygen atoms in total. The first-order chi connectivity index (χ1) is 17.2. The van der Waals surface area contributed by atoms with E-state index in [1.807, 2.05) is 30.3 Å². The maximum atomic E-state index is 13.3. The van der Waals surface area contributed by atoms with Crippen molar-refractivity contribution in [2.75, 3.05) is 26.2 Å². The minimum Gasteiger partial charge on any atom is -0.494 e. The highest BCUT2D eigenvalue weighted by Crippen LogP contribution is 2.27. The lowest BCUT2D eigenvalue weighted by Gasteiger charge is -2.22. The Morgan fingerprint density at radius 1 is 1.00 bits per heavy atom. The summed E-state index contributed by atoms with van der Waals surface area (Å²) in [5.41, 5.74) is 2.71. The lowest BCUT2D eigenvalue weighted by Crippen LogP contribution is -2.31. The molecule has 1 N–H and O–H groups in total. The van der Waals surface area contributed by atoms with E-state index in [2.05, 4.69) is 46.0 Å². The van der Waals surface area contributed by atoms with Crippen molar-refractivity contribution >= 4 is 16.8 Å². The van der Waals surface area contributed by atoms with Crippen LogP contribution in [-0.2, 0) is 0 Å². The molecule has 0 bridgehead atoms. The third kappa shape index (κ3) is 5.72. The van der Waals surface area contributed by atoms with Gasteiger partial charge in [0.15, 0.2) is 0 Å². The minimum atomic E-state index is 0.00300. The van der Waals surface area contributed by atoms with Crippen LogP contribution >= 0.6 is 0 Å². The molecule has 1 aliphatic carbocycles. The molecule has 35 heavy (non-hydrogen) atoms. The lowest BCUT2D eigenvalue weighted by atomic mass is 9.89. The van der Waals surface area contributed by atoms with Gasteiger partial charge in [-0.15, -0.1) is 0 Å². The normalized spacial score (nSPS) is 19.3. The molecule has 1 aromatic heterocycles. The fourth-order valence-electron chi connectivity index (χ4n) is 5.79. The highest BCUT2D eigenvalue weighted by Gasteiger charge is 2.20. The maximum Gasteiger partial charge on any atom is 0.268 e. The van der Waals surface area contributed by atoms with Crippen LogP contribution in [0.15, 0.2) is 54.6 Å². The minimum absolute atomic E-state index is 0.00300. The van der Waals surface area contributed by atoms with Crippen LogP contribution in [0.1, 0.15) is 68.8 Å². The number of benzene rings is 2. The molecule has 0 radical (unpaired) electrons. The van der Waals surface area contributed by atoms with Gasteiger partial charge in [-0.05, 0) is 87.9 Å². The van der Waals surface area contributed by atoms with E-state index in [1.54, 1.807) is 0 Å². The number of nitrogens with zero attached hydrogens (tertiary/aromatic N) is 2. The molecule has 2 heterocycles. The topological polar surface area (TPSA) is 46.5 Å². The summed E-state index contributed by atoms with van der Waals surface area (Å²) in [6, 6.07) is 19.1.